The number of unbranched alkanes of at least 4 members (excludes halogenated alkanes) is 3. The highest BCUT2D eigenvalue weighted by Crippen LogP contribution is 2.27. The maximum atomic E-state index is 11.7. The summed E-state index contributed by atoms with van der Waals surface area (Å²) in [6, 6.07) is 5.50. The molecule has 0 atom stereocenters. The number of hydrogen-bond acceptors (Lipinski definition) is 3. The number of benzene rings is 1. The van der Waals surface area contributed by atoms with Crippen LogP contribution in [0.25, 0.3) is 0 Å². The lowest BCUT2D eigenvalue weighted by molar-refractivity contribution is -0.116. The van der Waals surface area contributed by atoms with Gasteiger partial charge in [0, 0.05) is 18.2 Å². The van der Waals surface area contributed by atoms with Gasteiger partial charge in [-0.05, 0) is 47.4 Å². The topological polar surface area (TPSA) is 64.3 Å². The molecule has 1 aromatic carbocycles. The van der Waals surface area contributed by atoms with Crippen molar-refractivity contribution in [1.29, 1.82) is 0 Å². The van der Waals surface area contributed by atoms with E-state index in [0.29, 0.717) is 12.2 Å². The van der Waals surface area contributed by atoms with E-state index in [1.165, 1.54) is 0 Å². The van der Waals surface area contributed by atoms with Crippen LogP contribution in [0.15, 0.2) is 22.7 Å². The molecular formula is C14H21BrN2O2. The zero-order valence-electron chi connectivity index (χ0n) is 11.2. The first kappa shape index (κ1) is 16.0. The molecule has 0 spiro atoms. The van der Waals surface area contributed by atoms with Gasteiger partial charge in [-0.1, -0.05) is 12.8 Å². The summed E-state index contributed by atoms with van der Waals surface area (Å²) in [6.45, 7) is 0.727. The van der Waals surface area contributed by atoms with E-state index in [9.17, 15) is 4.79 Å². The van der Waals surface area contributed by atoms with Crippen LogP contribution in [0.5, 0.6) is 5.75 Å². The minimum absolute atomic E-state index is 0.0390. The minimum atomic E-state index is 0.0390. The number of rotatable bonds is 8. The number of carbonyl (C=O) groups excluding carboxylic acids is 1. The van der Waals surface area contributed by atoms with Crippen LogP contribution in [-0.2, 0) is 4.79 Å². The zero-order valence-corrected chi connectivity index (χ0v) is 12.8. The molecule has 0 aliphatic rings. The van der Waals surface area contributed by atoms with Crippen LogP contribution < -0.4 is 15.8 Å². The van der Waals surface area contributed by atoms with Gasteiger partial charge < -0.3 is 15.8 Å². The third-order valence-corrected chi connectivity index (χ3v) is 3.45. The fraction of sp³-hybridized carbons (Fsp3) is 0.500. The number of anilines is 1. The summed E-state index contributed by atoms with van der Waals surface area (Å²) >= 11 is 3.37. The number of carbonyl (C=O) groups is 1. The van der Waals surface area contributed by atoms with Gasteiger partial charge in [0.2, 0.25) is 5.91 Å². The van der Waals surface area contributed by atoms with Crippen molar-refractivity contribution in [3.05, 3.63) is 22.7 Å². The van der Waals surface area contributed by atoms with E-state index >= 15 is 0 Å². The summed E-state index contributed by atoms with van der Waals surface area (Å²) in [5.74, 6) is 0.748. The van der Waals surface area contributed by atoms with Crippen molar-refractivity contribution in [3.8, 4) is 5.75 Å². The van der Waals surface area contributed by atoms with Gasteiger partial charge in [0.25, 0.3) is 0 Å². The highest BCUT2D eigenvalue weighted by Gasteiger charge is 2.05. The van der Waals surface area contributed by atoms with Crippen LogP contribution in [0.3, 0.4) is 0 Å². The van der Waals surface area contributed by atoms with Crippen molar-refractivity contribution in [2.75, 3.05) is 19.0 Å². The molecule has 0 fully saturated rings. The Morgan fingerprint density at radius 1 is 1.32 bits per heavy atom. The highest BCUT2D eigenvalue weighted by molar-refractivity contribution is 9.10. The first-order valence-corrected chi connectivity index (χ1v) is 7.30. The zero-order chi connectivity index (χ0) is 14.1. The van der Waals surface area contributed by atoms with E-state index in [2.05, 4.69) is 21.2 Å². The Labute approximate surface area is 122 Å². The van der Waals surface area contributed by atoms with Crippen molar-refractivity contribution in [3.63, 3.8) is 0 Å². The molecule has 106 valence electrons. The average molecular weight is 329 g/mol. The van der Waals surface area contributed by atoms with Crippen molar-refractivity contribution in [2.24, 2.45) is 5.73 Å². The van der Waals surface area contributed by atoms with Crippen LogP contribution in [0.4, 0.5) is 5.69 Å². The molecule has 0 heterocycles. The third kappa shape index (κ3) is 6.07. The van der Waals surface area contributed by atoms with Crippen molar-refractivity contribution >= 4 is 27.5 Å². The highest BCUT2D eigenvalue weighted by atomic mass is 79.9. The molecule has 1 amide bonds. The van der Waals surface area contributed by atoms with Crippen LogP contribution in [0.2, 0.25) is 0 Å². The van der Waals surface area contributed by atoms with Crippen molar-refractivity contribution in [2.45, 2.75) is 32.1 Å². The van der Waals surface area contributed by atoms with Crippen LogP contribution >= 0.6 is 15.9 Å². The number of nitrogens with one attached hydrogen (secondary N) is 1. The molecule has 19 heavy (non-hydrogen) atoms. The molecule has 0 aliphatic carbocycles. The fourth-order valence-electron chi connectivity index (χ4n) is 1.74. The smallest absolute Gasteiger partial charge is 0.224 e. The summed E-state index contributed by atoms with van der Waals surface area (Å²) in [5, 5.41) is 2.87. The Hall–Kier alpha value is -1.07. The maximum Gasteiger partial charge on any atom is 0.224 e. The number of halogens is 1. The van der Waals surface area contributed by atoms with Crippen LogP contribution in [0, 0.1) is 0 Å². The molecule has 0 unspecified atom stereocenters. The van der Waals surface area contributed by atoms with Crippen molar-refractivity contribution in [1.82, 2.24) is 0 Å². The normalized spacial score (nSPS) is 10.3. The Morgan fingerprint density at radius 2 is 2.05 bits per heavy atom. The van der Waals surface area contributed by atoms with Gasteiger partial charge in [-0.3, -0.25) is 4.79 Å². The van der Waals surface area contributed by atoms with E-state index in [4.69, 9.17) is 10.5 Å². The summed E-state index contributed by atoms with van der Waals surface area (Å²) in [7, 11) is 1.60. The molecule has 0 aliphatic heterocycles. The molecule has 0 saturated heterocycles. The fourth-order valence-corrected chi connectivity index (χ4v) is 2.15. The second-order valence-corrected chi connectivity index (χ2v) is 5.20. The largest absolute Gasteiger partial charge is 0.495 e. The molecule has 4 nitrogen and oxygen atoms in total. The Morgan fingerprint density at radius 3 is 2.74 bits per heavy atom. The molecular weight excluding hydrogens is 308 g/mol. The van der Waals surface area contributed by atoms with Gasteiger partial charge in [0.1, 0.15) is 5.75 Å². The molecule has 1 rings (SSSR count). The van der Waals surface area contributed by atoms with Gasteiger partial charge >= 0.3 is 0 Å². The molecule has 0 radical (unpaired) electrons. The summed E-state index contributed by atoms with van der Waals surface area (Å²) in [4.78, 5) is 11.7. The first-order valence-electron chi connectivity index (χ1n) is 6.51. The Balaban J connectivity index is 2.35. The van der Waals surface area contributed by atoms with Crippen LogP contribution in [-0.4, -0.2) is 19.6 Å². The maximum absolute atomic E-state index is 11.7. The van der Waals surface area contributed by atoms with Crippen LogP contribution in [0.1, 0.15) is 32.1 Å². The lowest BCUT2D eigenvalue weighted by atomic mass is 10.1. The number of nitrogens with two attached hydrogens (primary N) is 1. The van der Waals surface area contributed by atoms with E-state index in [1.54, 1.807) is 13.2 Å². The standard InChI is InChI=1S/C14H21BrN2O2/c1-19-13-10-11(7-8-12(13)15)17-14(18)6-4-2-3-5-9-16/h7-8,10H,2-6,9,16H2,1H3,(H,17,18). The second kappa shape index (κ2) is 8.93. The van der Waals surface area contributed by atoms with E-state index < -0.39 is 0 Å². The van der Waals surface area contributed by atoms with E-state index in [1.807, 2.05) is 12.1 Å². The predicted octanol–water partition coefficient (Wildman–Crippen LogP) is 3.31. The van der Waals surface area contributed by atoms with Gasteiger partial charge in [-0.2, -0.15) is 0 Å². The molecule has 0 saturated carbocycles. The Bertz CT molecular complexity index is 410. The third-order valence-electron chi connectivity index (χ3n) is 2.79. The molecule has 3 N–H and O–H groups in total. The first-order chi connectivity index (χ1) is 9.17. The summed E-state index contributed by atoms with van der Waals surface area (Å²) in [6.07, 6.45) is 4.62. The SMILES string of the molecule is COc1cc(NC(=O)CCCCCCN)ccc1Br. The van der Waals surface area contributed by atoms with E-state index in [-0.39, 0.29) is 5.91 Å². The average Bonchev–Trinajstić information content (AvgIpc) is 2.40. The van der Waals surface area contributed by atoms with Gasteiger partial charge in [0.15, 0.2) is 0 Å². The lowest BCUT2D eigenvalue weighted by Crippen LogP contribution is -2.11. The second-order valence-electron chi connectivity index (χ2n) is 4.35. The predicted molar refractivity (Wildman–Crippen MR) is 81.5 cm³/mol. The lowest BCUT2D eigenvalue weighted by Gasteiger charge is -2.08. The molecule has 5 heteroatoms. The molecule has 0 bridgehead atoms. The Kier molecular flexibility index (Phi) is 7.52. The van der Waals surface area contributed by atoms with Crippen molar-refractivity contribution < 1.29 is 9.53 Å². The molecule has 0 aromatic heterocycles. The monoisotopic (exact) mass is 328 g/mol. The minimum Gasteiger partial charge on any atom is -0.495 e. The van der Waals surface area contributed by atoms with E-state index in [0.717, 1.165) is 42.4 Å². The van der Waals surface area contributed by atoms with Gasteiger partial charge in [-0.25, -0.2) is 0 Å². The number of methoxy groups -OCH3 is 1. The molecule has 1 aromatic rings. The van der Waals surface area contributed by atoms with Gasteiger partial charge in [-0.15, -0.1) is 0 Å². The summed E-state index contributed by atoms with van der Waals surface area (Å²) < 4.78 is 6.05. The number of ether oxygens (including phenoxy) is 1. The number of amides is 1. The number of hydrogen-bond donors (Lipinski definition) is 2. The van der Waals surface area contributed by atoms with Gasteiger partial charge in [0.05, 0.1) is 11.6 Å². The quantitative estimate of drug-likeness (QED) is 0.719. The summed E-state index contributed by atoms with van der Waals surface area (Å²) in [5.41, 5.74) is 6.17.